The molecule has 0 aromatic heterocycles. The first-order valence-electron chi connectivity index (χ1n) is 6.42. The number of anilines is 1. The summed E-state index contributed by atoms with van der Waals surface area (Å²) in [6.07, 6.45) is 1.01. The Hall–Kier alpha value is -1.22. The molecule has 0 heterocycles. The van der Waals surface area contributed by atoms with Crippen molar-refractivity contribution >= 4 is 5.69 Å². The van der Waals surface area contributed by atoms with Gasteiger partial charge in [0.15, 0.2) is 0 Å². The van der Waals surface area contributed by atoms with Gasteiger partial charge in [-0.05, 0) is 24.1 Å². The van der Waals surface area contributed by atoms with Gasteiger partial charge in [-0.25, -0.2) is 0 Å². The van der Waals surface area contributed by atoms with Gasteiger partial charge in [-0.1, -0.05) is 26.8 Å². The largest absolute Gasteiger partial charge is 0.495 e. The zero-order valence-electron chi connectivity index (χ0n) is 12.2. The summed E-state index contributed by atoms with van der Waals surface area (Å²) in [5, 5.41) is 9.36. The number of aryl methyl sites for hydroxylation is 1. The van der Waals surface area contributed by atoms with E-state index in [1.807, 2.05) is 13.1 Å². The van der Waals surface area contributed by atoms with E-state index in [9.17, 15) is 5.11 Å². The fraction of sp³-hybridized carbons (Fsp3) is 0.600. The van der Waals surface area contributed by atoms with Gasteiger partial charge in [0.05, 0.1) is 12.8 Å². The Balaban J connectivity index is 2.99. The van der Waals surface area contributed by atoms with Crippen molar-refractivity contribution in [1.82, 2.24) is 0 Å². The lowest BCUT2D eigenvalue weighted by molar-refractivity contribution is 0.165. The van der Waals surface area contributed by atoms with Crippen LogP contribution in [0, 0.1) is 5.41 Å². The van der Waals surface area contributed by atoms with E-state index in [0.29, 0.717) is 0 Å². The molecule has 102 valence electrons. The first-order valence-corrected chi connectivity index (χ1v) is 6.42. The number of hydrogen-bond donors (Lipinski definition) is 1. The second-order valence-electron chi connectivity index (χ2n) is 5.54. The minimum Gasteiger partial charge on any atom is -0.495 e. The molecule has 0 spiro atoms. The molecule has 3 heteroatoms. The van der Waals surface area contributed by atoms with Gasteiger partial charge in [0.1, 0.15) is 5.75 Å². The molecule has 0 aliphatic rings. The number of rotatable bonds is 6. The van der Waals surface area contributed by atoms with Crippen LogP contribution in [0.1, 0.15) is 26.3 Å². The fourth-order valence-electron chi connectivity index (χ4n) is 2.03. The van der Waals surface area contributed by atoms with Crippen molar-refractivity contribution < 1.29 is 9.84 Å². The van der Waals surface area contributed by atoms with Gasteiger partial charge < -0.3 is 14.7 Å². The summed E-state index contributed by atoms with van der Waals surface area (Å²) in [5.41, 5.74) is 2.25. The minimum absolute atomic E-state index is 0.123. The maximum atomic E-state index is 9.36. The molecule has 0 aliphatic heterocycles. The van der Waals surface area contributed by atoms with E-state index in [1.54, 1.807) is 7.11 Å². The van der Waals surface area contributed by atoms with Crippen LogP contribution < -0.4 is 9.64 Å². The molecule has 0 unspecified atom stereocenters. The first-order chi connectivity index (χ1) is 8.43. The molecule has 0 atom stereocenters. The summed E-state index contributed by atoms with van der Waals surface area (Å²) in [6.45, 7) is 7.21. The number of ether oxygens (including phenoxy) is 1. The summed E-state index contributed by atoms with van der Waals surface area (Å²) < 4.78 is 5.41. The molecule has 0 radical (unpaired) electrons. The first kappa shape index (κ1) is 14.8. The number of aliphatic hydroxyl groups excluding tert-OH is 1. The van der Waals surface area contributed by atoms with Gasteiger partial charge in [-0.15, -0.1) is 0 Å². The summed E-state index contributed by atoms with van der Waals surface area (Å²) in [4.78, 5) is 2.15. The van der Waals surface area contributed by atoms with E-state index >= 15 is 0 Å². The van der Waals surface area contributed by atoms with Gasteiger partial charge in [-0.2, -0.15) is 0 Å². The Bertz CT molecular complexity index is 388. The van der Waals surface area contributed by atoms with Crippen molar-refractivity contribution in [2.45, 2.75) is 27.2 Å². The molecule has 0 saturated carbocycles. The maximum Gasteiger partial charge on any atom is 0.142 e. The Kier molecular flexibility index (Phi) is 5.03. The minimum atomic E-state index is -0.123. The average molecular weight is 251 g/mol. The van der Waals surface area contributed by atoms with Crippen molar-refractivity contribution in [2.75, 3.05) is 32.2 Å². The van der Waals surface area contributed by atoms with Gasteiger partial charge in [-0.3, -0.25) is 0 Å². The Morgan fingerprint density at radius 1 is 1.33 bits per heavy atom. The van der Waals surface area contributed by atoms with Crippen molar-refractivity contribution in [1.29, 1.82) is 0 Å². The molecular formula is C15H25NO2. The van der Waals surface area contributed by atoms with Gasteiger partial charge >= 0.3 is 0 Å². The number of hydrogen-bond acceptors (Lipinski definition) is 3. The van der Waals surface area contributed by atoms with Crippen molar-refractivity contribution in [2.24, 2.45) is 5.41 Å². The molecule has 18 heavy (non-hydrogen) atoms. The molecular weight excluding hydrogens is 226 g/mol. The van der Waals surface area contributed by atoms with Crippen LogP contribution in [-0.4, -0.2) is 32.4 Å². The monoisotopic (exact) mass is 251 g/mol. The van der Waals surface area contributed by atoms with E-state index in [4.69, 9.17) is 4.74 Å². The van der Waals surface area contributed by atoms with Crippen LogP contribution >= 0.6 is 0 Å². The molecule has 0 bridgehead atoms. The average Bonchev–Trinajstić information content (AvgIpc) is 2.37. The van der Waals surface area contributed by atoms with E-state index in [1.165, 1.54) is 5.56 Å². The molecule has 0 aliphatic carbocycles. The lowest BCUT2D eigenvalue weighted by Crippen LogP contribution is -2.34. The molecule has 0 fully saturated rings. The standard InChI is InChI=1S/C15H25NO2/c1-6-12-7-8-14(18-5)13(9-12)16(4)10-15(2,3)11-17/h7-9,17H,6,10-11H2,1-5H3. The highest BCUT2D eigenvalue weighted by molar-refractivity contribution is 5.59. The quantitative estimate of drug-likeness (QED) is 0.844. The molecule has 1 aromatic rings. The van der Waals surface area contributed by atoms with Crippen molar-refractivity contribution in [3.63, 3.8) is 0 Å². The zero-order chi connectivity index (χ0) is 13.8. The SMILES string of the molecule is CCc1ccc(OC)c(N(C)CC(C)(C)CO)c1. The lowest BCUT2D eigenvalue weighted by Gasteiger charge is -2.31. The molecule has 0 saturated heterocycles. The van der Waals surface area contributed by atoms with E-state index in [2.05, 4.69) is 37.8 Å². The summed E-state index contributed by atoms with van der Waals surface area (Å²) in [5.74, 6) is 0.878. The van der Waals surface area contributed by atoms with Crippen LogP contribution in [-0.2, 0) is 6.42 Å². The highest BCUT2D eigenvalue weighted by Gasteiger charge is 2.20. The van der Waals surface area contributed by atoms with Crippen LogP contribution in [0.3, 0.4) is 0 Å². The lowest BCUT2D eigenvalue weighted by atomic mass is 9.94. The third kappa shape index (κ3) is 3.64. The summed E-state index contributed by atoms with van der Waals surface area (Å²) >= 11 is 0. The second kappa shape index (κ2) is 6.10. The van der Waals surface area contributed by atoms with Crippen LogP contribution in [0.5, 0.6) is 5.75 Å². The van der Waals surface area contributed by atoms with Crippen LogP contribution in [0.4, 0.5) is 5.69 Å². The number of nitrogens with zero attached hydrogens (tertiary/aromatic N) is 1. The van der Waals surface area contributed by atoms with Crippen LogP contribution in [0.2, 0.25) is 0 Å². The molecule has 1 N–H and O–H groups in total. The van der Waals surface area contributed by atoms with Crippen molar-refractivity contribution in [3.8, 4) is 5.75 Å². The highest BCUT2D eigenvalue weighted by atomic mass is 16.5. The van der Waals surface area contributed by atoms with Gasteiger partial charge in [0.2, 0.25) is 0 Å². The number of aliphatic hydroxyl groups is 1. The van der Waals surface area contributed by atoms with Gasteiger partial charge in [0.25, 0.3) is 0 Å². The third-order valence-electron chi connectivity index (χ3n) is 3.16. The normalized spacial score (nSPS) is 11.4. The third-order valence-corrected chi connectivity index (χ3v) is 3.16. The number of benzene rings is 1. The van der Waals surface area contributed by atoms with Crippen LogP contribution in [0.25, 0.3) is 0 Å². The van der Waals surface area contributed by atoms with E-state index in [-0.39, 0.29) is 12.0 Å². The topological polar surface area (TPSA) is 32.7 Å². The van der Waals surface area contributed by atoms with Gasteiger partial charge in [0, 0.05) is 25.6 Å². The Morgan fingerprint density at radius 3 is 2.50 bits per heavy atom. The van der Waals surface area contributed by atoms with Crippen molar-refractivity contribution in [3.05, 3.63) is 23.8 Å². The molecule has 1 aromatic carbocycles. The smallest absolute Gasteiger partial charge is 0.142 e. The highest BCUT2D eigenvalue weighted by Crippen LogP contribution is 2.30. The Morgan fingerprint density at radius 2 is 2.00 bits per heavy atom. The molecule has 3 nitrogen and oxygen atoms in total. The molecule has 1 rings (SSSR count). The predicted octanol–water partition coefficient (Wildman–Crippen LogP) is 2.71. The fourth-order valence-corrected chi connectivity index (χ4v) is 2.03. The second-order valence-corrected chi connectivity index (χ2v) is 5.54. The Labute approximate surface area is 110 Å². The zero-order valence-corrected chi connectivity index (χ0v) is 12.2. The maximum absolute atomic E-state index is 9.36. The van der Waals surface area contributed by atoms with E-state index in [0.717, 1.165) is 24.4 Å². The predicted molar refractivity (Wildman–Crippen MR) is 76.5 cm³/mol. The molecule has 0 amide bonds. The summed E-state index contributed by atoms with van der Waals surface area (Å²) in [7, 11) is 3.73. The van der Waals surface area contributed by atoms with Crippen LogP contribution in [0.15, 0.2) is 18.2 Å². The number of methoxy groups -OCH3 is 1. The summed E-state index contributed by atoms with van der Waals surface area (Å²) in [6, 6.07) is 6.26. The van der Waals surface area contributed by atoms with E-state index < -0.39 is 0 Å².